The van der Waals surface area contributed by atoms with Crippen LogP contribution in [-0.2, 0) is 14.2 Å². The van der Waals surface area contributed by atoms with Crippen molar-refractivity contribution in [2.75, 3.05) is 49.7 Å². The molecular weight excluding hydrogens is 501 g/mol. The summed E-state index contributed by atoms with van der Waals surface area (Å²) in [5, 5.41) is 18.8. The molecule has 4 heterocycles. The van der Waals surface area contributed by atoms with Gasteiger partial charge in [0, 0.05) is 30.5 Å². The standard InChI is InChI=1S/C24H26FN7O4S/c25-15-4-6-16(7-5-15)26-23(37)27-19-13-34-22-20(14-35-21(19)22)32-24(28-29-30-32)36-18-3-1-2-17(12-18)31-8-10-33-11-9-31/h1-7,12,19-22H,8-11,13-14H2,(H2,26,27,37). The lowest BCUT2D eigenvalue weighted by Gasteiger charge is -2.29. The predicted octanol–water partition coefficient (Wildman–Crippen LogP) is 2.13. The largest absolute Gasteiger partial charge is 0.423 e. The molecule has 194 valence electrons. The van der Waals surface area contributed by atoms with Gasteiger partial charge in [0.15, 0.2) is 5.11 Å². The third kappa shape index (κ3) is 5.21. The zero-order chi connectivity index (χ0) is 25.2. The fourth-order valence-electron chi connectivity index (χ4n) is 4.81. The first-order valence-electron chi connectivity index (χ1n) is 12.1. The summed E-state index contributed by atoms with van der Waals surface area (Å²) in [6.07, 6.45) is -0.531. The van der Waals surface area contributed by atoms with Crippen LogP contribution in [0.5, 0.6) is 11.8 Å². The van der Waals surface area contributed by atoms with E-state index in [9.17, 15) is 4.39 Å². The molecule has 3 saturated heterocycles. The van der Waals surface area contributed by atoms with Crippen molar-refractivity contribution >= 4 is 28.7 Å². The molecule has 13 heteroatoms. The minimum absolute atomic E-state index is 0.165. The van der Waals surface area contributed by atoms with E-state index in [1.165, 1.54) is 12.1 Å². The van der Waals surface area contributed by atoms with Gasteiger partial charge in [0.05, 0.1) is 32.5 Å². The summed E-state index contributed by atoms with van der Waals surface area (Å²) >= 11 is 5.43. The third-order valence-electron chi connectivity index (χ3n) is 6.63. The fourth-order valence-corrected chi connectivity index (χ4v) is 5.08. The van der Waals surface area contributed by atoms with Crippen molar-refractivity contribution in [3.63, 3.8) is 0 Å². The van der Waals surface area contributed by atoms with E-state index in [1.54, 1.807) is 16.8 Å². The number of hydrogen-bond acceptors (Lipinski definition) is 9. The smallest absolute Gasteiger partial charge is 0.341 e. The van der Waals surface area contributed by atoms with Crippen LogP contribution in [0.3, 0.4) is 0 Å². The van der Waals surface area contributed by atoms with E-state index in [2.05, 4.69) is 31.1 Å². The number of rotatable bonds is 6. The second kappa shape index (κ2) is 10.5. The van der Waals surface area contributed by atoms with Crippen molar-refractivity contribution in [2.45, 2.75) is 24.3 Å². The first kappa shape index (κ1) is 24.0. The number of halogens is 1. The van der Waals surface area contributed by atoms with Crippen LogP contribution in [0.1, 0.15) is 6.04 Å². The molecule has 3 aliphatic rings. The highest BCUT2D eigenvalue weighted by molar-refractivity contribution is 7.80. The van der Waals surface area contributed by atoms with Gasteiger partial charge in [-0.3, -0.25) is 0 Å². The zero-order valence-electron chi connectivity index (χ0n) is 19.8. The lowest BCUT2D eigenvalue weighted by molar-refractivity contribution is 0.0615. The monoisotopic (exact) mass is 527 g/mol. The molecular formula is C24H26FN7O4S. The molecule has 0 saturated carbocycles. The van der Waals surface area contributed by atoms with Crippen LogP contribution >= 0.6 is 12.2 Å². The molecule has 2 aromatic carbocycles. The van der Waals surface area contributed by atoms with E-state index in [0.29, 0.717) is 43.0 Å². The van der Waals surface area contributed by atoms with Gasteiger partial charge in [-0.1, -0.05) is 11.2 Å². The Labute approximate surface area is 217 Å². The van der Waals surface area contributed by atoms with Crippen LogP contribution < -0.4 is 20.3 Å². The average Bonchev–Trinajstić information content (AvgIpc) is 3.64. The van der Waals surface area contributed by atoms with Crippen LogP contribution in [0.25, 0.3) is 0 Å². The SMILES string of the molecule is Fc1ccc(NC(=S)NC2COC3C2OCC3n2nnnc2Oc2cccc(N3CCOCC3)c2)cc1. The molecule has 11 nitrogen and oxygen atoms in total. The summed E-state index contributed by atoms with van der Waals surface area (Å²) in [5.74, 6) is 0.331. The van der Waals surface area contributed by atoms with Crippen molar-refractivity contribution in [3.05, 3.63) is 54.3 Å². The number of hydrogen-bond donors (Lipinski definition) is 2. The Morgan fingerprint density at radius 2 is 1.86 bits per heavy atom. The van der Waals surface area contributed by atoms with Gasteiger partial charge in [-0.05, 0) is 59.0 Å². The van der Waals surface area contributed by atoms with Gasteiger partial charge >= 0.3 is 6.01 Å². The Kier molecular flexibility index (Phi) is 6.83. The number of tetrazole rings is 1. The minimum Gasteiger partial charge on any atom is -0.423 e. The maximum absolute atomic E-state index is 13.2. The quantitative estimate of drug-likeness (QED) is 0.461. The Balaban J connectivity index is 1.10. The Hall–Kier alpha value is -3.39. The van der Waals surface area contributed by atoms with Crippen molar-refractivity contribution < 1.29 is 23.3 Å². The molecule has 3 aliphatic heterocycles. The first-order chi connectivity index (χ1) is 18.1. The van der Waals surface area contributed by atoms with Crippen molar-refractivity contribution in [3.8, 4) is 11.8 Å². The fraction of sp³-hybridized carbons (Fsp3) is 0.417. The molecule has 0 bridgehead atoms. The molecule has 3 aromatic rings. The van der Waals surface area contributed by atoms with Gasteiger partial charge in [0.25, 0.3) is 0 Å². The highest BCUT2D eigenvalue weighted by Crippen LogP contribution is 2.36. The summed E-state index contributed by atoms with van der Waals surface area (Å²) in [6, 6.07) is 13.7. The summed E-state index contributed by atoms with van der Waals surface area (Å²) in [6.45, 7) is 3.84. The molecule has 3 fully saturated rings. The number of thiocarbonyl (C=S) groups is 1. The number of nitrogens with one attached hydrogen (secondary N) is 2. The summed E-state index contributed by atoms with van der Waals surface area (Å²) in [7, 11) is 0. The molecule has 0 radical (unpaired) electrons. The van der Waals surface area contributed by atoms with E-state index in [4.69, 9.17) is 31.2 Å². The van der Waals surface area contributed by atoms with Gasteiger partial charge < -0.3 is 34.5 Å². The van der Waals surface area contributed by atoms with Gasteiger partial charge in [-0.25, -0.2) is 4.39 Å². The van der Waals surface area contributed by atoms with Crippen LogP contribution in [0.2, 0.25) is 0 Å². The molecule has 0 spiro atoms. The van der Waals surface area contributed by atoms with Crippen LogP contribution in [0.15, 0.2) is 48.5 Å². The third-order valence-corrected chi connectivity index (χ3v) is 6.85. The lowest BCUT2D eigenvalue weighted by atomic mass is 10.1. The second-order valence-electron chi connectivity index (χ2n) is 8.98. The molecule has 0 amide bonds. The predicted molar refractivity (Wildman–Crippen MR) is 135 cm³/mol. The van der Waals surface area contributed by atoms with E-state index in [0.717, 1.165) is 18.8 Å². The van der Waals surface area contributed by atoms with Crippen LogP contribution in [0.4, 0.5) is 15.8 Å². The van der Waals surface area contributed by atoms with Crippen LogP contribution in [0, 0.1) is 5.82 Å². The number of aromatic nitrogens is 4. The number of nitrogens with zero attached hydrogens (tertiary/aromatic N) is 5. The van der Waals surface area contributed by atoms with Gasteiger partial charge in [-0.15, -0.1) is 0 Å². The van der Waals surface area contributed by atoms with Crippen molar-refractivity contribution in [1.29, 1.82) is 0 Å². The number of benzene rings is 2. The first-order valence-corrected chi connectivity index (χ1v) is 12.5. The Bertz CT molecular complexity index is 1240. The van der Waals surface area contributed by atoms with E-state index < -0.39 is 0 Å². The normalized spacial score (nSPS) is 25.1. The molecule has 2 N–H and O–H groups in total. The summed E-state index contributed by atoms with van der Waals surface area (Å²) in [4.78, 5) is 2.25. The number of anilines is 2. The maximum Gasteiger partial charge on any atom is 0.341 e. The zero-order valence-corrected chi connectivity index (χ0v) is 20.6. The molecule has 6 rings (SSSR count). The van der Waals surface area contributed by atoms with Gasteiger partial charge in [0.1, 0.15) is 29.8 Å². The minimum atomic E-state index is -0.308. The maximum atomic E-state index is 13.2. The Morgan fingerprint density at radius 3 is 2.70 bits per heavy atom. The molecule has 0 aliphatic carbocycles. The molecule has 4 unspecified atom stereocenters. The van der Waals surface area contributed by atoms with E-state index >= 15 is 0 Å². The van der Waals surface area contributed by atoms with E-state index in [-0.39, 0.29) is 36.1 Å². The lowest BCUT2D eigenvalue weighted by Crippen LogP contribution is -2.45. The number of fused-ring (bicyclic) bond motifs is 1. The topological polar surface area (TPSA) is 108 Å². The summed E-state index contributed by atoms with van der Waals surface area (Å²) in [5.41, 5.74) is 1.75. The number of morpholine rings is 1. The average molecular weight is 528 g/mol. The highest BCUT2D eigenvalue weighted by Gasteiger charge is 2.50. The molecule has 1 aromatic heterocycles. The Morgan fingerprint density at radius 1 is 1.05 bits per heavy atom. The van der Waals surface area contributed by atoms with Gasteiger partial charge in [-0.2, -0.15) is 4.68 Å². The van der Waals surface area contributed by atoms with Crippen molar-refractivity contribution in [2.24, 2.45) is 0 Å². The van der Waals surface area contributed by atoms with E-state index in [1.807, 2.05) is 24.3 Å². The molecule has 4 atom stereocenters. The van der Waals surface area contributed by atoms with Crippen molar-refractivity contribution in [1.82, 2.24) is 25.5 Å². The molecule has 37 heavy (non-hydrogen) atoms. The highest BCUT2D eigenvalue weighted by atomic mass is 32.1. The summed E-state index contributed by atoms with van der Waals surface area (Å²) < 4.78 is 38.5. The van der Waals surface area contributed by atoms with Gasteiger partial charge in [0.2, 0.25) is 0 Å². The van der Waals surface area contributed by atoms with Crippen LogP contribution in [-0.4, -0.2) is 83.1 Å². The second-order valence-corrected chi connectivity index (χ2v) is 9.39. The number of ether oxygens (including phenoxy) is 4.